The zero-order chi connectivity index (χ0) is 9.80. The summed E-state index contributed by atoms with van der Waals surface area (Å²) in [5, 5.41) is 1.12. The SMILES string of the molecule is BrCC1CCCN(c2ccncc2)C1. The van der Waals surface area contributed by atoms with Crippen LogP contribution in [0.1, 0.15) is 12.8 Å². The van der Waals surface area contributed by atoms with Crippen molar-refractivity contribution in [1.29, 1.82) is 0 Å². The molecule has 1 saturated heterocycles. The third kappa shape index (κ3) is 2.27. The zero-order valence-electron chi connectivity index (χ0n) is 8.19. The predicted molar refractivity (Wildman–Crippen MR) is 63.0 cm³/mol. The first-order chi connectivity index (χ1) is 6.90. The molecule has 1 aromatic rings. The van der Waals surface area contributed by atoms with Crippen LogP contribution < -0.4 is 4.90 Å². The molecule has 1 unspecified atom stereocenters. The smallest absolute Gasteiger partial charge is 0.0397 e. The maximum atomic E-state index is 4.04. The largest absolute Gasteiger partial charge is 0.371 e. The average Bonchev–Trinajstić information content (AvgIpc) is 2.30. The molecular formula is C11H15BrN2. The molecule has 0 amide bonds. The van der Waals surface area contributed by atoms with E-state index in [-0.39, 0.29) is 0 Å². The monoisotopic (exact) mass is 254 g/mol. The second kappa shape index (κ2) is 4.78. The standard InChI is InChI=1S/C11H15BrN2/c12-8-10-2-1-7-14(9-10)11-3-5-13-6-4-11/h3-6,10H,1-2,7-9H2. The van der Waals surface area contributed by atoms with Crippen molar-refractivity contribution in [3.8, 4) is 0 Å². The first-order valence-electron chi connectivity index (χ1n) is 5.11. The van der Waals surface area contributed by atoms with Crippen molar-refractivity contribution in [1.82, 2.24) is 4.98 Å². The summed E-state index contributed by atoms with van der Waals surface area (Å²) in [6.45, 7) is 2.36. The molecule has 2 heterocycles. The van der Waals surface area contributed by atoms with E-state index in [1.54, 1.807) is 0 Å². The van der Waals surface area contributed by atoms with Crippen molar-refractivity contribution in [2.75, 3.05) is 23.3 Å². The zero-order valence-corrected chi connectivity index (χ0v) is 9.78. The van der Waals surface area contributed by atoms with Gasteiger partial charge in [0.05, 0.1) is 0 Å². The molecule has 1 aliphatic heterocycles. The second-order valence-corrected chi connectivity index (χ2v) is 4.46. The summed E-state index contributed by atoms with van der Waals surface area (Å²) in [6, 6.07) is 4.19. The average molecular weight is 255 g/mol. The minimum absolute atomic E-state index is 0.803. The Labute approximate surface area is 93.5 Å². The number of halogens is 1. The minimum Gasteiger partial charge on any atom is -0.371 e. The van der Waals surface area contributed by atoms with E-state index in [9.17, 15) is 0 Å². The molecule has 2 nitrogen and oxygen atoms in total. The van der Waals surface area contributed by atoms with Gasteiger partial charge >= 0.3 is 0 Å². The molecule has 2 rings (SSSR count). The lowest BCUT2D eigenvalue weighted by Gasteiger charge is -2.33. The highest BCUT2D eigenvalue weighted by Gasteiger charge is 2.18. The lowest BCUT2D eigenvalue weighted by Crippen LogP contribution is -2.35. The van der Waals surface area contributed by atoms with Gasteiger partial charge in [0.25, 0.3) is 0 Å². The van der Waals surface area contributed by atoms with E-state index in [1.807, 2.05) is 12.4 Å². The number of rotatable bonds is 2. The molecule has 0 radical (unpaired) electrons. The Morgan fingerprint density at radius 1 is 1.43 bits per heavy atom. The van der Waals surface area contributed by atoms with Crippen LogP contribution in [0.15, 0.2) is 24.5 Å². The van der Waals surface area contributed by atoms with Crippen LogP contribution in [0.5, 0.6) is 0 Å². The molecule has 76 valence electrons. The van der Waals surface area contributed by atoms with E-state index in [2.05, 4.69) is 37.9 Å². The number of hydrogen-bond donors (Lipinski definition) is 0. The highest BCUT2D eigenvalue weighted by atomic mass is 79.9. The molecule has 0 N–H and O–H groups in total. The molecule has 0 aliphatic carbocycles. The summed E-state index contributed by atoms with van der Waals surface area (Å²) in [4.78, 5) is 6.50. The Morgan fingerprint density at radius 3 is 2.93 bits per heavy atom. The van der Waals surface area contributed by atoms with Crippen LogP contribution in [0.25, 0.3) is 0 Å². The van der Waals surface area contributed by atoms with Gasteiger partial charge in [0.2, 0.25) is 0 Å². The van der Waals surface area contributed by atoms with E-state index >= 15 is 0 Å². The molecule has 1 atom stereocenters. The van der Waals surface area contributed by atoms with Crippen molar-refractivity contribution >= 4 is 21.6 Å². The molecule has 0 aromatic carbocycles. The van der Waals surface area contributed by atoms with E-state index in [0.29, 0.717) is 0 Å². The van der Waals surface area contributed by atoms with Crippen LogP contribution in [0.4, 0.5) is 5.69 Å². The maximum Gasteiger partial charge on any atom is 0.0397 e. The number of anilines is 1. The summed E-state index contributed by atoms with van der Waals surface area (Å²) >= 11 is 3.57. The van der Waals surface area contributed by atoms with Crippen LogP contribution in [0.2, 0.25) is 0 Å². The molecule has 0 saturated carbocycles. The fourth-order valence-corrected chi connectivity index (χ4v) is 2.51. The first kappa shape index (κ1) is 9.97. The molecular weight excluding hydrogens is 240 g/mol. The lowest BCUT2D eigenvalue weighted by molar-refractivity contribution is 0.455. The van der Waals surface area contributed by atoms with Crippen molar-refractivity contribution in [2.24, 2.45) is 5.92 Å². The van der Waals surface area contributed by atoms with Gasteiger partial charge in [0, 0.05) is 36.5 Å². The van der Waals surface area contributed by atoms with E-state index in [0.717, 1.165) is 11.2 Å². The van der Waals surface area contributed by atoms with Crippen LogP contribution >= 0.6 is 15.9 Å². The summed E-state index contributed by atoms with van der Waals surface area (Å²) in [5.74, 6) is 0.803. The van der Waals surface area contributed by atoms with Crippen molar-refractivity contribution in [3.63, 3.8) is 0 Å². The normalized spacial score (nSPS) is 22.4. The quantitative estimate of drug-likeness (QED) is 0.755. The Hall–Kier alpha value is -0.570. The highest BCUT2D eigenvalue weighted by molar-refractivity contribution is 9.09. The molecule has 1 fully saturated rings. The van der Waals surface area contributed by atoms with Crippen LogP contribution in [-0.2, 0) is 0 Å². The molecule has 3 heteroatoms. The summed E-state index contributed by atoms with van der Waals surface area (Å²) < 4.78 is 0. The molecule has 1 aliphatic rings. The van der Waals surface area contributed by atoms with Gasteiger partial charge in [0.1, 0.15) is 0 Å². The topological polar surface area (TPSA) is 16.1 Å². The number of piperidine rings is 1. The van der Waals surface area contributed by atoms with Crippen LogP contribution in [0, 0.1) is 5.92 Å². The fourth-order valence-electron chi connectivity index (χ4n) is 1.98. The number of hydrogen-bond acceptors (Lipinski definition) is 2. The number of aromatic nitrogens is 1. The first-order valence-corrected chi connectivity index (χ1v) is 6.23. The van der Waals surface area contributed by atoms with Crippen LogP contribution in [0.3, 0.4) is 0 Å². The van der Waals surface area contributed by atoms with Gasteiger partial charge in [0.15, 0.2) is 0 Å². The lowest BCUT2D eigenvalue weighted by atomic mass is 10.00. The number of pyridine rings is 1. The van der Waals surface area contributed by atoms with Gasteiger partial charge in [-0.15, -0.1) is 0 Å². The highest BCUT2D eigenvalue weighted by Crippen LogP contribution is 2.23. The van der Waals surface area contributed by atoms with Gasteiger partial charge in [-0.25, -0.2) is 0 Å². The van der Waals surface area contributed by atoms with Gasteiger partial charge in [-0.3, -0.25) is 4.98 Å². The Morgan fingerprint density at radius 2 is 2.21 bits per heavy atom. The summed E-state index contributed by atoms with van der Waals surface area (Å²) in [5.41, 5.74) is 1.31. The van der Waals surface area contributed by atoms with Gasteiger partial charge < -0.3 is 4.90 Å². The van der Waals surface area contributed by atoms with Gasteiger partial charge in [-0.05, 0) is 30.9 Å². The van der Waals surface area contributed by atoms with Crippen molar-refractivity contribution in [3.05, 3.63) is 24.5 Å². The number of nitrogens with zero attached hydrogens (tertiary/aromatic N) is 2. The Bertz CT molecular complexity index is 276. The maximum absolute atomic E-state index is 4.04. The summed E-state index contributed by atoms with van der Waals surface area (Å²) in [6.07, 6.45) is 6.39. The van der Waals surface area contributed by atoms with Gasteiger partial charge in [-0.2, -0.15) is 0 Å². The van der Waals surface area contributed by atoms with Gasteiger partial charge in [-0.1, -0.05) is 15.9 Å². The Kier molecular flexibility index (Phi) is 3.40. The fraction of sp³-hybridized carbons (Fsp3) is 0.545. The second-order valence-electron chi connectivity index (χ2n) is 3.81. The van der Waals surface area contributed by atoms with Crippen molar-refractivity contribution in [2.45, 2.75) is 12.8 Å². The third-order valence-corrected chi connectivity index (χ3v) is 3.68. The van der Waals surface area contributed by atoms with E-state index in [1.165, 1.54) is 31.6 Å². The third-order valence-electron chi connectivity index (χ3n) is 2.77. The van der Waals surface area contributed by atoms with E-state index in [4.69, 9.17) is 0 Å². The molecule has 0 bridgehead atoms. The van der Waals surface area contributed by atoms with Crippen molar-refractivity contribution < 1.29 is 0 Å². The molecule has 14 heavy (non-hydrogen) atoms. The predicted octanol–water partition coefficient (Wildman–Crippen LogP) is 2.69. The Balaban J connectivity index is 2.04. The minimum atomic E-state index is 0.803. The van der Waals surface area contributed by atoms with Crippen LogP contribution in [-0.4, -0.2) is 23.4 Å². The molecule has 1 aromatic heterocycles. The van der Waals surface area contributed by atoms with E-state index < -0.39 is 0 Å². The summed E-state index contributed by atoms with van der Waals surface area (Å²) in [7, 11) is 0. The number of alkyl halides is 1. The molecule has 0 spiro atoms.